The van der Waals surface area contributed by atoms with Crippen molar-refractivity contribution >= 4 is 35.0 Å². The van der Waals surface area contributed by atoms with Crippen molar-refractivity contribution < 1.29 is 14.4 Å². The Balaban J connectivity index is 1.30. The van der Waals surface area contributed by atoms with Crippen molar-refractivity contribution in [3.63, 3.8) is 0 Å². The van der Waals surface area contributed by atoms with Gasteiger partial charge in [0.15, 0.2) is 0 Å². The quantitative estimate of drug-likeness (QED) is 0.318. The normalized spacial score (nSPS) is 22.4. The number of likely N-dealkylation sites (tertiary alicyclic amines) is 1. The Kier molecular flexibility index (Phi) is 9.26. The number of fused-ring (bicyclic) bond motifs is 1. The Morgan fingerprint density at radius 3 is 2.22 bits per heavy atom. The van der Waals surface area contributed by atoms with E-state index in [-0.39, 0.29) is 29.7 Å². The topological polar surface area (TPSA) is 81.8 Å². The Morgan fingerprint density at radius 2 is 1.54 bits per heavy atom. The number of carbonyl (C=O) groups excluding carboxylic acids is 3. The van der Waals surface area contributed by atoms with Gasteiger partial charge in [0.25, 0.3) is 0 Å². The third-order valence-corrected chi connectivity index (χ3v) is 10.9. The van der Waals surface area contributed by atoms with Gasteiger partial charge in [-0.05, 0) is 94.3 Å². The van der Waals surface area contributed by atoms with Crippen molar-refractivity contribution in [2.75, 3.05) is 25.0 Å². The predicted molar refractivity (Wildman–Crippen MR) is 183 cm³/mol. The summed E-state index contributed by atoms with van der Waals surface area (Å²) < 4.78 is 0. The van der Waals surface area contributed by atoms with Crippen LogP contribution in [-0.4, -0.2) is 60.9 Å². The lowest BCUT2D eigenvalue weighted by atomic mass is 9.81. The van der Waals surface area contributed by atoms with E-state index < -0.39 is 17.4 Å². The van der Waals surface area contributed by atoms with E-state index in [4.69, 9.17) is 11.6 Å². The molecule has 3 aromatic rings. The summed E-state index contributed by atoms with van der Waals surface area (Å²) in [6.07, 6.45) is 3.79. The highest BCUT2D eigenvalue weighted by Crippen LogP contribution is 2.44. The van der Waals surface area contributed by atoms with Crippen LogP contribution in [0.15, 0.2) is 72.8 Å². The summed E-state index contributed by atoms with van der Waals surface area (Å²) in [6.45, 7) is 7.01. The number of amides is 3. The third-order valence-electron chi connectivity index (χ3n) is 10.6. The van der Waals surface area contributed by atoms with Gasteiger partial charge in [0.05, 0.1) is 5.41 Å². The number of hydrogen-bond acceptors (Lipinski definition) is 4. The number of piperidine rings is 1. The number of anilines is 1. The van der Waals surface area contributed by atoms with Crippen LogP contribution in [0, 0.1) is 12.8 Å². The molecule has 0 aromatic heterocycles. The van der Waals surface area contributed by atoms with Gasteiger partial charge in [-0.15, -0.1) is 0 Å². The van der Waals surface area contributed by atoms with Crippen LogP contribution in [0.2, 0.25) is 5.02 Å². The summed E-state index contributed by atoms with van der Waals surface area (Å²) in [4.78, 5) is 46.1. The molecule has 242 valence electrons. The molecule has 3 aliphatic rings. The predicted octanol–water partition coefficient (Wildman–Crippen LogP) is 5.97. The summed E-state index contributed by atoms with van der Waals surface area (Å²) >= 11 is 6.84. The molecule has 2 N–H and O–H groups in total. The first-order valence-corrected chi connectivity index (χ1v) is 17.0. The minimum Gasteiger partial charge on any atom is -0.343 e. The number of nitrogens with zero attached hydrogens (tertiary/aromatic N) is 2. The monoisotopic (exact) mass is 640 g/mol. The van der Waals surface area contributed by atoms with Crippen molar-refractivity contribution in [3.05, 3.63) is 100 Å². The third kappa shape index (κ3) is 5.95. The van der Waals surface area contributed by atoms with E-state index in [0.717, 1.165) is 47.2 Å². The lowest BCUT2D eigenvalue weighted by Crippen LogP contribution is -2.56. The maximum absolute atomic E-state index is 14.7. The summed E-state index contributed by atoms with van der Waals surface area (Å²) in [5, 5.41) is 7.14. The molecule has 2 aliphatic heterocycles. The van der Waals surface area contributed by atoms with Crippen molar-refractivity contribution in [2.24, 2.45) is 5.92 Å². The molecule has 3 aromatic carbocycles. The van der Waals surface area contributed by atoms with Gasteiger partial charge in [-0.3, -0.25) is 14.4 Å². The summed E-state index contributed by atoms with van der Waals surface area (Å²) in [5.41, 5.74) is 4.25. The molecule has 8 heteroatoms. The van der Waals surface area contributed by atoms with E-state index in [9.17, 15) is 14.4 Å². The van der Waals surface area contributed by atoms with E-state index in [1.807, 2.05) is 110 Å². The minimum absolute atomic E-state index is 0.000199. The molecule has 46 heavy (non-hydrogen) atoms. The standard InChI is InChI=1S/C38H45ClN4O3/c1-24-11-5-6-12-28(24)33(29-13-7-9-15-31(29)39)34(41-35(44)25-17-18-26(23-25)40-4)36(45)42-21-19-27(20-22-42)43-32-16-10-8-14-30(32)38(2,3)37(43)46/h5-16,25-27,33-34,40H,17-23H2,1-4H3,(H,41,44)/t25-,26+,33?,34?/m0/s1. The maximum atomic E-state index is 14.7. The summed E-state index contributed by atoms with van der Waals surface area (Å²) in [7, 11) is 1.93. The van der Waals surface area contributed by atoms with E-state index in [1.165, 1.54) is 0 Å². The van der Waals surface area contributed by atoms with Crippen LogP contribution >= 0.6 is 11.6 Å². The molecule has 7 nitrogen and oxygen atoms in total. The number of nitrogens with one attached hydrogen (secondary N) is 2. The molecule has 2 unspecified atom stereocenters. The molecule has 0 radical (unpaired) electrons. The maximum Gasteiger partial charge on any atom is 0.246 e. The van der Waals surface area contributed by atoms with Crippen molar-refractivity contribution in [3.8, 4) is 0 Å². The highest BCUT2D eigenvalue weighted by Gasteiger charge is 2.47. The van der Waals surface area contributed by atoms with E-state index in [2.05, 4.69) is 10.6 Å². The lowest BCUT2D eigenvalue weighted by molar-refractivity contribution is -0.138. The zero-order valence-electron chi connectivity index (χ0n) is 27.3. The first kappa shape index (κ1) is 32.3. The van der Waals surface area contributed by atoms with Crippen LogP contribution in [0.1, 0.15) is 74.1 Å². The summed E-state index contributed by atoms with van der Waals surface area (Å²) in [5.74, 6) is -0.724. The molecule has 1 saturated carbocycles. The zero-order valence-corrected chi connectivity index (χ0v) is 28.0. The van der Waals surface area contributed by atoms with Gasteiger partial charge in [-0.1, -0.05) is 72.3 Å². The molecule has 1 aliphatic carbocycles. The van der Waals surface area contributed by atoms with Crippen LogP contribution in [0.4, 0.5) is 5.69 Å². The fraction of sp³-hybridized carbons (Fsp3) is 0.447. The Labute approximate surface area is 277 Å². The second-order valence-corrected chi connectivity index (χ2v) is 14.1. The van der Waals surface area contributed by atoms with Crippen LogP contribution < -0.4 is 15.5 Å². The number of aryl methyl sites for hydroxylation is 1. The van der Waals surface area contributed by atoms with E-state index in [0.29, 0.717) is 37.0 Å². The van der Waals surface area contributed by atoms with E-state index in [1.54, 1.807) is 0 Å². The molecular formula is C38H45ClN4O3. The van der Waals surface area contributed by atoms with Crippen LogP contribution in [0.25, 0.3) is 0 Å². The molecule has 2 heterocycles. The highest BCUT2D eigenvalue weighted by atomic mass is 35.5. The van der Waals surface area contributed by atoms with Crippen molar-refractivity contribution in [1.29, 1.82) is 0 Å². The fourth-order valence-corrected chi connectivity index (χ4v) is 8.13. The van der Waals surface area contributed by atoms with Crippen molar-refractivity contribution in [2.45, 2.75) is 82.3 Å². The number of hydrogen-bond donors (Lipinski definition) is 2. The first-order valence-electron chi connectivity index (χ1n) is 16.6. The fourth-order valence-electron chi connectivity index (χ4n) is 7.87. The molecular weight excluding hydrogens is 596 g/mol. The number of para-hydroxylation sites is 1. The smallest absolute Gasteiger partial charge is 0.246 e. The average molecular weight is 641 g/mol. The average Bonchev–Trinajstić information content (AvgIpc) is 3.63. The van der Waals surface area contributed by atoms with E-state index >= 15 is 0 Å². The highest BCUT2D eigenvalue weighted by molar-refractivity contribution is 6.31. The summed E-state index contributed by atoms with van der Waals surface area (Å²) in [6, 6.07) is 23.2. The Bertz CT molecular complexity index is 1570. The van der Waals surface area contributed by atoms with Crippen LogP contribution in [0.3, 0.4) is 0 Å². The van der Waals surface area contributed by atoms with Gasteiger partial charge in [0.1, 0.15) is 6.04 Å². The number of benzene rings is 3. The minimum atomic E-state index is -0.841. The molecule has 0 bridgehead atoms. The second kappa shape index (κ2) is 13.2. The lowest BCUT2D eigenvalue weighted by Gasteiger charge is -2.40. The Morgan fingerprint density at radius 1 is 0.891 bits per heavy atom. The molecule has 2 fully saturated rings. The Hall–Kier alpha value is -3.68. The molecule has 1 saturated heterocycles. The van der Waals surface area contributed by atoms with Crippen LogP contribution in [-0.2, 0) is 19.8 Å². The second-order valence-electron chi connectivity index (χ2n) is 13.7. The zero-order chi connectivity index (χ0) is 32.6. The van der Waals surface area contributed by atoms with Gasteiger partial charge >= 0.3 is 0 Å². The van der Waals surface area contributed by atoms with Crippen molar-refractivity contribution in [1.82, 2.24) is 15.5 Å². The first-order chi connectivity index (χ1) is 22.1. The van der Waals surface area contributed by atoms with Gasteiger partial charge in [0.2, 0.25) is 17.7 Å². The van der Waals surface area contributed by atoms with Gasteiger partial charge in [-0.2, -0.15) is 0 Å². The molecule has 0 spiro atoms. The van der Waals surface area contributed by atoms with Crippen LogP contribution in [0.5, 0.6) is 0 Å². The van der Waals surface area contributed by atoms with Gasteiger partial charge in [-0.25, -0.2) is 0 Å². The largest absolute Gasteiger partial charge is 0.343 e. The SMILES string of the molecule is CN[C@@H]1CC[C@H](C(=O)NC(C(=O)N2CCC(N3C(=O)C(C)(C)c4ccccc43)CC2)C(c2ccccc2C)c2ccccc2Cl)C1. The molecule has 6 rings (SSSR count). The van der Waals surface area contributed by atoms with Gasteiger partial charge in [0, 0.05) is 47.7 Å². The number of carbonyl (C=O) groups is 3. The van der Waals surface area contributed by atoms with Gasteiger partial charge < -0.3 is 20.4 Å². The number of rotatable bonds is 8. The molecule has 4 atom stereocenters. The number of halogens is 1. The molecule has 3 amide bonds.